The molecule has 1 aromatic heterocycles. The molecule has 0 fully saturated rings. The molecule has 3 rings (SSSR count). The SMILES string of the molecule is O=S(=O)(Oc1ccccc1)c1nc2ccccc2[nH]1.OCCN(CCO)CCO. The van der Waals surface area contributed by atoms with E-state index in [1.807, 2.05) is 0 Å². The van der Waals surface area contributed by atoms with Crippen molar-refractivity contribution < 1.29 is 27.9 Å². The zero-order chi connectivity index (χ0) is 21.1. The summed E-state index contributed by atoms with van der Waals surface area (Å²) in [6, 6.07) is 15.4. The molecule has 0 aliphatic carbocycles. The minimum atomic E-state index is -3.94. The molecule has 0 aliphatic rings. The third-order valence-electron chi connectivity index (χ3n) is 3.80. The number of nitrogens with one attached hydrogen (secondary N) is 1. The molecule has 0 bridgehead atoms. The van der Waals surface area contributed by atoms with Gasteiger partial charge in [-0.1, -0.05) is 30.3 Å². The van der Waals surface area contributed by atoms with Gasteiger partial charge in [0, 0.05) is 19.6 Å². The molecular formula is C19H25N3O6S. The van der Waals surface area contributed by atoms with Gasteiger partial charge in [0.15, 0.2) is 0 Å². The van der Waals surface area contributed by atoms with E-state index < -0.39 is 10.1 Å². The Bertz CT molecular complexity index is 915. The van der Waals surface area contributed by atoms with Crippen molar-refractivity contribution in [1.82, 2.24) is 14.9 Å². The summed E-state index contributed by atoms with van der Waals surface area (Å²) in [5.41, 5.74) is 1.23. The molecule has 0 unspecified atom stereocenters. The van der Waals surface area contributed by atoms with Crippen LogP contribution in [0.15, 0.2) is 59.8 Å². The summed E-state index contributed by atoms with van der Waals surface area (Å²) in [6.45, 7) is 1.75. The quantitative estimate of drug-likeness (QED) is 0.367. The highest BCUT2D eigenvalue weighted by Crippen LogP contribution is 2.18. The van der Waals surface area contributed by atoms with Crippen molar-refractivity contribution in [3.05, 3.63) is 54.6 Å². The molecule has 0 amide bonds. The molecule has 0 spiro atoms. The van der Waals surface area contributed by atoms with E-state index in [1.165, 1.54) is 0 Å². The first kappa shape index (κ1) is 22.8. The molecule has 1 heterocycles. The topological polar surface area (TPSA) is 136 Å². The minimum Gasteiger partial charge on any atom is -0.395 e. The molecular weight excluding hydrogens is 398 g/mol. The molecule has 9 nitrogen and oxygen atoms in total. The Morgan fingerprint density at radius 3 is 1.97 bits per heavy atom. The van der Waals surface area contributed by atoms with Crippen molar-refractivity contribution in [2.45, 2.75) is 5.16 Å². The van der Waals surface area contributed by atoms with E-state index in [1.54, 1.807) is 59.5 Å². The number of nitrogens with zero attached hydrogens (tertiary/aromatic N) is 2. The number of para-hydroxylation sites is 3. The number of fused-ring (bicyclic) bond motifs is 1. The largest absolute Gasteiger partial charge is 0.395 e. The summed E-state index contributed by atoms with van der Waals surface area (Å²) in [4.78, 5) is 8.54. The minimum absolute atomic E-state index is 0.0694. The number of rotatable bonds is 9. The van der Waals surface area contributed by atoms with Crippen molar-refractivity contribution in [3.63, 3.8) is 0 Å². The smallest absolute Gasteiger partial charge is 0.373 e. The molecule has 2 aromatic carbocycles. The zero-order valence-electron chi connectivity index (χ0n) is 15.8. The Morgan fingerprint density at radius 2 is 1.41 bits per heavy atom. The molecule has 0 aliphatic heterocycles. The summed E-state index contributed by atoms with van der Waals surface area (Å²) in [7, 11) is -3.94. The van der Waals surface area contributed by atoms with Gasteiger partial charge in [0.2, 0.25) is 0 Å². The summed E-state index contributed by atoms with van der Waals surface area (Å²) < 4.78 is 29.1. The van der Waals surface area contributed by atoms with Crippen LogP contribution >= 0.6 is 0 Å². The van der Waals surface area contributed by atoms with Crippen molar-refractivity contribution in [3.8, 4) is 5.75 Å². The van der Waals surface area contributed by atoms with Gasteiger partial charge in [0.05, 0.1) is 30.9 Å². The first-order valence-electron chi connectivity index (χ1n) is 8.99. The molecule has 158 valence electrons. The van der Waals surface area contributed by atoms with Crippen LogP contribution in [0.1, 0.15) is 0 Å². The predicted octanol–water partition coefficient (Wildman–Crippen LogP) is 0.596. The molecule has 3 aromatic rings. The number of aliphatic hydroxyl groups is 3. The van der Waals surface area contributed by atoms with Crippen LogP contribution in [0, 0.1) is 0 Å². The number of hydrogen-bond acceptors (Lipinski definition) is 8. The number of hydrogen-bond donors (Lipinski definition) is 4. The number of imidazole rings is 1. The van der Waals surface area contributed by atoms with Crippen molar-refractivity contribution >= 4 is 21.2 Å². The highest BCUT2D eigenvalue weighted by atomic mass is 32.2. The van der Waals surface area contributed by atoms with Crippen LogP contribution < -0.4 is 4.18 Å². The first-order chi connectivity index (χ1) is 14.0. The maximum absolute atomic E-state index is 12.1. The lowest BCUT2D eigenvalue weighted by molar-refractivity contribution is 0.136. The van der Waals surface area contributed by atoms with E-state index in [2.05, 4.69) is 9.97 Å². The zero-order valence-corrected chi connectivity index (χ0v) is 16.6. The Kier molecular flexibility index (Phi) is 9.03. The average Bonchev–Trinajstić information content (AvgIpc) is 3.15. The average molecular weight is 423 g/mol. The lowest BCUT2D eigenvalue weighted by Crippen LogP contribution is -2.32. The lowest BCUT2D eigenvalue weighted by Gasteiger charge is -2.17. The highest BCUT2D eigenvalue weighted by Gasteiger charge is 2.21. The van der Waals surface area contributed by atoms with Gasteiger partial charge in [-0.25, -0.2) is 4.98 Å². The van der Waals surface area contributed by atoms with Crippen molar-refractivity contribution in [2.75, 3.05) is 39.5 Å². The van der Waals surface area contributed by atoms with Crippen LogP contribution in [0.2, 0.25) is 0 Å². The van der Waals surface area contributed by atoms with Crippen LogP contribution in [-0.2, 0) is 10.1 Å². The second-order valence-electron chi connectivity index (χ2n) is 5.92. The van der Waals surface area contributed by atoms with Crippen LogP contribution in [0.3, 0.4) is 0 Å². The van der Waals surface area contributed by atoms with Crippen LogP contribution in [0.4, 0.5) is 0 Å². The molecule has 0 saturated heterocycles. The van der Waals surface area contributed by atoms with Gasteiger partial charge >= 0.3 is 10.1 Å². The van der Waals surface area contributed by atoms with E-state index in [9.17, 15) is 8.42 Å². The third-order valence-corrected chi connectivity index (χ3v) is 4.88. The number of H-pyrrole nitrogens is 1. The maximum Gasteiger partial charge on any atom is 0.373 e. The highest BCUT2D eigenvalue weighted by molar-refractivity contribution is 7.86. The monoisotopic (exact) mass is 423 g/mol. The molecule has 4 N–H and O–H groups in total. The van der Waals surface area contributed by atoms with Gasteiger partial charge in [-0.3, -0.25) is 4.90 Å². The fraction of sp³-hybridized carbons (Fsp3) is 0.316. The Labute approximate surface area is 169 Å². The van der Waals surface area contributed by atoms with Gasteiger partial charge in [-0.15, -0.1) is 0 Å². The fourth-order valence-electron chi connectivity index (χ4n) is 2.45. The van der Waals surface area contributed by atoms with Crippen molar-refractivity contribution in [1.29, 1.82) is 0 Å². The van der Waals surface area contributed by atoms with E-state index in [-0.39, 0.29) is 30.7 Å². The summed E-state index contributed by atoms with van der Waals surface area (Å²) >= 11 is 0. The van der Waals surface area contributed by atoms with Gasteiger partial charge in [0.25, 0.3) is 5.16 Å². The van der Waals surface area contributed by atoms with Gasteiger partial charge in [0.1, 0.15) is 5.75 Å². The molecule has 0 atom stereocenters. The summed E-state index contributed by atoms with van der Waals surface area (Å²) in [6.07, 6.45) is 0. The molecule has 0 saturated carbocycles. The first-order valence-corrected chi connectivity index (χ1v) is 10.4. The normalized spacial score (nSPS) is 11.3. The second kappa shape index (κ2) is 11.5. The third kappa shape index (κ3) is 7.11. The van der Waals surface area contributed by atoms with Gasteiger partial charge in [-0.05, 0) is 24.3 Å². The van der Waals surface area contributed by atoms with Gasteiger partial charge in [-0.2, -0.15) is 8.42 Å². The Hall–Kier alpha value is -2.50. The predicted molar refractivity (Wildman–Crippen MR) is 108 cm³/mol. The van der Waals surface area contributed by atoms with E-state index in [0.717, 1.165) is 0 Å². The maximum atomic E-state index is 12.1. The van der Waals surface area contributed by atoms with Gasteiger partial charge < -0.3 is 24.5 Å². The van der Waals surface area contributed by atoms with E-state index in [0.29, 0.717) is 30.7 Å². The lowest BCUT2D eigenvalue weighted by atomic mass is 10.3. The molecule has 29 heavy (non-hydrogen) atoms. The van der Waals surface area contributed by atoms with Crippen LogP contribution in [0.5, 0.6) is 5.75 Å². The summed E-state index contributed by atoms with van der Waals surface area (Å²) in [5, 5.41) is 25.3. The Balaban J connectivity index is 0.000000257. The van der Waals surface area contributed by atoms with Crippen molar-refractivity contribution in [2.24, 2.45) is 0 Å². The second-order valence-corrected chi connectivity index (χ2v) is 7.38. The van der Waals surface area contributed by atoms with Crippen LogP contribution in [0.25, 0.3) is 11.0 Å². The number of aromatic amines is 1. The van der Waals surface area contributed by atoms with E-state index in [4.69, 9.17) is 19.5 Å². The number of aliphatic hydroxyl groups excluding tert-OH is 3. The molecule has 0 radical (unpaired) electrons. The number of benzene rings is 2. The molecule has 10 heteroatoms. The fourth-order valence-corrected chi connectivity index (χ4v) is 3.34. The Morgan fingerprint density at radius 1 is 0.862 bits per heavy atom. The summed E-state index contributed by atoms with van der Waals surface area (Å²) in [5.74, 6) is 0.253. The number of aromatic nitrogens is 2. The van der Waals surface area contributed by atoms with Crippen LogP contribution in [-0.4, -0.2) is 78.1 Å². The standard InChI is InChI=1S/C13H10N2O3S.C6H15NO3/c16-19(17,18-10-6-2-1-3-7-10)13-14-11-8-4-5-9-12(11)15-13;8-4-1-7(2-5-9)3-6-10/h1-9H,(H,14,15);8-10H,1-6H2. The van der Waals surface area contributed by atoms with E-state index >= 15 is 0 Å².